The van der Waals surface area contributed by atoms with E-state index >= 15 is 0 Å². The molecule has 0 radical (unpaired) electrons. The van der Waals surface area contributed by atoms with E-state index in [0.29, 0.717) is 16.7 Å². The Bertz CT molecular complexity index is 666. The molecule has 1 amide bonds. The van der Waals surface area contributed by atoms with Crippen molar-refractivity contribution in [3.8, 4) is 0 Å². The molecule has 2 nitrogen and oxygen atoms in total. The van der Waals surface area contributed by atoms with Crippen LogP contribution < -0.4 is 5.32 Å². The third-order valence-corrected chi connectivity index (χ3v) is 3.74. The van der Waals surface area contributed by atoms with Gasteiger partial charge in [0, 0.05) is 11.1 Å². The molecule has 1 heterocycles. The molecular formula is C16H13F2NO. The maximum atomic E-state index is 13.8. The van der Waals surface area contributed by atoms with E-state index in [9.17, 15) is 13.6 Å². The van der Waals surface area contributed by atoms with Gasteiger partial charge in [0.2, 0.25) is 0 Å². The van der Waals surface area contributed by atoms with E-state index < -0.39 is 17.9 Å². The highest BCUT2D eigenvalue weighted by atomic mass is 19.3. The fourth-order valence-electron chi connectivity index (χ4n) is 2.68. The third-order valence-electron chi connectivity index (χ3n) is 3.74. The molecule has 0 fully saturated rings. The van der Waals surface area contributed by atoms with Crippen molar-refractivity contribution < 1.29 is 13.6 Å². The molecule has 20 heavy (non-hydrogen) atoms. The number of nitrogens with one attached hydrogen (secondary N) is 1. The minimum atomic E-state index is -2.72. The normalized spacial score (nSPS) is 20.9. The molecule has 1 aliphatic heterocycles. The van der Waals surface area contributed by atoms with Crippen LogP contribution in [0.2, 0.25) is 0 Å². The molecule has 0 saturated carbocycles. The average molecular weight is 273 g/mol. The first-order chi connectivity index (χ1) is 9.55. The fraction of sp³-hybridized carbons (Fsp3) is 0.188. The second-order valence-electron chi connectivity index (χ2n) is 4.97. The molecule has 1 atom stereocenters. The molecule has 0 saturated heterocycles. The summed E-state index contributed by atoms with van der Waals surface area (Å²) in [6, 6.07) is 13.3. The van der Waals surface area contributed by atoms with Gasteiger partial charge in [-0.2, -0.15) is 0 Å². The van der Waals surface area contributed by atoms with Gasteiger partial charge in [0.05, 0.1) is 0 Å². The highest BCUT2D eigenvalue weighted by Gasteiger charge is 2.51. The van der Waals surface area contributed by atoms with Gasteiger partial charge in [-0.25, -0.2) is 8.78 Å². The number of aryl methyl sites for hydroxylation is 1. The van der Waals surface area contributed by atoms with E-state index in [4.69, 9.17) is 0 Å². The van der Waals surface area contributed by atoms with Crippen molar-refractivity contribution in [3.63, 3.8) is 0 Å². The smallest absolute Gasteiger partial charge is 0.269 e. The topological polar surface area (TPSA) is 29.1 Å². The zero-order valence-electron chi connectivity index (χ0n) is 10.9. The number of carbonyl (C=O) groups is 1. The van der Waals surface area contributed by atoms with Gasteiger partial charge < -0.3 is 5.32 Å². The monoisotopic (exact) mass is 273 g/mol. The molecule has 102 valence electrons. The second kappa shape index (κ2) is 4.40. The SMILES string of the molecule is Cc1ccc([C@]2(C(F)F)NC(=O)c3ccccc32)cc1. The molecule has 0 spiro atoms. The van der Waals surface area contributed by atoms with E-state index in [1.807, 2.05) is 6.92 Å². The van der Waals surface area contributed by atoms with Crippen molar-refractivity contribution in [2.45, 2.75) is 18.9 Å². The van der Waals surface area contributed by atoms with Crippen LogP contribution in [0.15, 0.2) is 48.5 Å². The van der Waals surface area contributed by atoms with Crippen molar-refractivity contribution in [2.75, 3.05) is 0 Å². The number of amides is 1. The first-order valence-electron chi connectivity index (χ1n) is 6.33. The first-order valence-corrected chi connectivity index (χ1v) is 6.33. The van der Waals surface area contributed by atoms with Crippen molar-refractivity contribution in [1.82, 2.24) is 5.32 Å². The van der Waals surface area contributed by atoms with Gasteiger partial charge in [-0.05, 0) is 18.6 Å². The van der Waals surface area contributed by atoms with E-state index in [-0.39, 0.29) is 0 Å². The first kappa shape index (κ1) is 12.8. The van der Waals surface area contributed by atoms with E-state index in [1.54, 1.807) is 48.5 Å². The highest BCUT2D eigenvalue weighted by Crippen LogP contribution is 2.41. The van der Waals surface area contributed by atoms with Crippen molar-refractivity contribution in [2.24, 2.45) is 0 Å². The van der Waals surface area contributed by atoms with Crippen LogP contribution in [0.1, 0.15) is 27.0 Å². The zero-order valence-corrected chi connectivity index (χ0v) is 10.9. The molecule has 3 rings (SSSR count). The van der Waals surface area contributed by atoms with Crippen molar-refractivity contribution >= 4 is 5.91 Å². The summed E-state index contributed by atoms with van der Waals surface area (Å²) >= 11 is 0. The van der Waals surface area contributed by atoms with Gasteiger partial charge in [0.25, 0.3) is 12.3 Å². The molecule has 0 unspecified atom stereocenters. The van der Waals surface area contributed by atoms with Crippen LogP contribution in [-0.4, -0.2) is 12.3 Å². The molecular weight excluding hydrogens is 260 g/mol. The predicted octanol–water partition coefficient (Wildman–Crippen LogP) is 3.25. The Morgan fingerprint density at radius 2 is 1.70 bits per heavy atom. The molecule has 0 aliphatic carbocycles. The molecule has 0 bridgehead atoms. The summed E-state index contributed by atoms with van der Waals surface area (Å²) in [7, 11) is 0. The predicted molar refractivity (Wildman–Crippen MR) is 71.9 cm³/mol. The number of rotatable bonds is 2. The van der Waals surface area contributed by atoms with Gasteiger partial charge in [0.15, 0.2) is 5.54 Å². The van der Waals surface area contributed by atoms with E-state index in [1.165, 1.54) is 0 Å². The zero-order chi connectivity index (χ0) is 14.3. The largest absolute Gasteiger partial charge is 0.333 e. The van der Waals surface area contributed by atoms with Gasteiger partial charge in [-0.1, -0.05) is 48.0 Å². The number of carbonyl (C=O) groups excluding carboxylic acids is 1. The molecule has 4 heteroatoms. The molecule has 1 aliphatic rings. The van der Waals surface area contributed by atoms with Gasteiger partial charge in [-0.3, -0.25) is 4.79 Å². The number of benzene rings is 2. The number of halogens is 2. The lowest BCUT2D eigenvalue weighted by molar-refractivity contribution is 0.0517. The summed E-state index contributed by atoms with van der Waals surface area (Å²) in [6.45, 7) is 1.89. The van der Waals surface area contributed by atoms with Crippen LogP contribution in [0, 0.1) is 6.92 Å². The van der Waals surface area contributed by atoms with Crippen molar-refractivity contribution in [3.05, 3.63) is 70.8 Å². The summed E-state index contributed by atoms with van der Waals surface area (Å²) in [5, 5.41) is 2.48. The summed E-state index contributed by atoms with van der Waals surface area (Å²) in [4.78, 5) is 12.0. The minimum Gasteiger partial charge on any atom is -0.333 e. The van der Waals surface area contributed by atoms with Crippen LogP contribution in [0.3, 0.4) is 0 Å². The van der Waals surface area contributed by atoms with Crippen LogP contribution in [-0.2, 0) is 5.54 Å². The lowest BCUT2D eigenvalue weighted by Crippen LogP contribution is -2.46. The van der Waals surface area contributed by atoms with Gasteiger partial charge >= 0.3 is 0 Å². The highest BCUT2D eigenvalue weighted by molar-refractivity contribution is 6.00. The number of fused-ring (bicyclic) bond motifs is 1. The van der Waals surface area contributed by atoms with E-state index in [2.05, 4.69) is 5.32 Å². The summed E-state index contributed by atoms with van der Waals surface area (Å²) < 4.78 is 27.6. The summed E-state index contributed by atoms with van der Waals surface area (Å²) in [6.07, 6.45) is -2.72. The quantitative estimate of drug-likeness (QED) is 0.894. The number of alkyl halides is 2. The lowest BCUT2D eigenvalue weighted by atomic mass is 9.83. The Morgan fingerprint density at radius 3 is 2.35 bits per heavy atom. The molecule has 2 aromatic rings. The summed E-state index contributed by atoms with van der Waals surface area (Å²) in [5.74, 6) is -0.457. The Labute approximate surface area is 115 Å². The second-order valence-corrected chi connectivity index (χ2v) is 4.97. The fourth-order valence-corrected chi connectivity index (χ4v) is 2.68. The van der Waals surface area contributed by atoms with Gasteiger partial charge in [-0.15, -0.1) is 0 Å². The van der Waals surface area contributed by atoms with Crippen LogP contribution in [0.4, 0.5) is 8.78 Å². The van der Waals surface area contributed by atoms with Crippen molar-refractivity contribution in [1.29, 1.82) is 0 Å². The Balaban J connectivity index is 2.26. The summed E-state index contributed by atoms with van der Waals surface area (Å²) in [5.41, 5.74) is 0.283. The Morgan fingerprint density at radius 1 is 1.05 bits per heavy atom. The van der Waals surface area contributed by atoms with Gasteiger partial charge in [0.1, 0.15) is 0 Å². The maximum absolute atomic E-state index is 13.8. The molecule has 2 aromatic carbocycles. The van der Waals surface area contributed by atoms with E-state index in [0.717, 1.165) is 5.56 Å². The Kier molecular flexibility index (Phi) is 2.82. The number of hydrogen-bond acceptors (Lipinski definition) is 1. The van der Waals surface area contributed by atoms with Crippen LogP contribution in [0.5, 0.6) is 0 Å². The lowest BCUT2D eigenvalue weighted by Gasteiger charge is -2.30. The minimum absolute atomic E-state index is 0.313. The standard InChI is InChI=1S/C16H13F2NO/c1-10-6-8-11(9-7-10)16(15(17)18)13-5-3-2-4-12(13)14(20)19-16/h2-9,15H,1H3,(H,19,20)/t16-/m0/s1. The number of hydrogen-bond donors (Lipinski definition) is 1. The van der Waals surface area contributed by atoms with Crippen LogP contribution in [0.25, 0.3) is 0 Å². The Hall–Kier alpha value is -2.23. The molecule has 1 N–H and O–H groups in total. The molecule has 0 aromatic heterocycles. The third kappa shape index (κ3) is 1.64. The maximum Gasteiger partial charge on any atom is 0.269 e. The average Bonchev–Trinajstić information content (AvgIpc) is 2.75. The van der Waals surface area contributed by atoms with Crippen LogP contribution >= 0.6 is 0 Å².